The highest BCUT2D eigenvalue weighted by Crippen LogP contribution is 2.40. The minimum Gasteiger partial charge on any atom is -0.388 e. The van der Waals surface area contributed by atoms with Crippen LogP contribution in [0.2, 0.25) is 0 Å². The number of fused-ring (bicyclic) bond motifs is 1. The first-order valence-corrected chi connectivity index (χ1v) is 9.96. The molecule has 0 bridgehead atoms. The van der Waals surface area contributed by atoms with Gasteiger partial charge in [0.1, 0.15) is 22.6 Å². The van der Waals surface area contributed by atoms with Crippen LogP contribution >= 0.6 is 0 Å². The molecule has 1 aromatic heterocycles. The van der Waals surface area contributed by atoms with E-state index >= 15 is 0 Å². The third-order valence-electron chi connectivity index (χ3n) is 5.97. The summed E-state index contributed by atoms with van der Waals surface area (Å²) < 4.78 is 54.9. The molecule has 156 valence electrons. The predicted molar refractivity (Wildman–Crippen MR) is 105 cm³/mol. The summed E-state index contributed by atoms with van der Waals surface area (Å²) in [5.41, 5.74) is -0.0636. The van der Waals surface area contributed by atoms with Crippen LogP contribution in [0, 0.1) is 5.82 Å². The number of imidazole rings is 1. The highest BCUT2D eigenvalue weighted by atomic mass is 19.4. The van der Waals surface area contributed by atoms with Crippen LogP contribution in [-0.2, 0) is 11.0 Å². The van der Waals surface area contributed by atoms with Crippen molar-refractivity contribution in [1.29, 1.82) is 0 Å². The van der Waals surface area contributed by atoms with E-state index in [1.54, 1.807) is 0 Å². The summed E-state index contributed by atoms with van der Waals surface area (Å²) in [5, 5.41) is 4.19. The van der Waals surface area contributed by atoms with Crippen LogP contribution < -0.4 is 0 Å². The normalized spacial score (nSPS) is 18.6. The highest BCUT2D eigenvalue weighted by molar-refractivity contribution is 6.01. The van der Waals surface area contributed by atoms with E-state index in [9.17, 15) is 17.6 Å². The van der Waals surface area contributed by atoms with Crippen molar-refractivity contribution in [2.75, 3.05) is 0 Å². The summed E-state index contributed by atoms with van der Waals surface area (Å²) in [6.45, 7) is 0. The van der Waals surface area contributed by atoms with E-state index in [1.807, 2.05) is 0 Å². The van der Waals surface area contributed by atoms with Gasteiger partial charge in [0, 0.05) is 6.42 Å². The van der Waals surface area contributed by atoms with E-state index in [1.165, 1.54) is 30.7 Å². The Balaban J connectivity index is 1.52. The molecule has 1 aliphatic carbocycles. The molecule has 1 fully saturated rings. The Hall–Kier alpha value is -2.90. The molecule has 1 saturated carbocycles. The molecular formula is C22H19F4N3O. The summed E-state index contributed by atoms with van der Waals surface area (Å²) in [6, 6.07) is 7.70. The van der Waals surface area contributed by atoms with Crippen molar-refractivity contribution in [2.45, 2.75) is 50.3 Å². The van der Waals surface area contributed by atoms with Crippen molar-refractivity contribution >= 4 is 16.7 Å². The molecule has 0 radical (unpaired) electrons. The second kappa shape index (κ2) is 6.82. The van der Waals surface area contributed by atoms with Gasteiger partial charge < -0.3 is 9.82 Å². The van der Waals surface area contributed by atoms with Gasteiger partial charge in [-0.1, -0.05) is 29.8 Å². The van der Waals surface area contributed by atoms with Crippen LogP contribution in [0.1, 0.15) is 49.9 Å². The smallest absolute Gasteiger partial charge is 0.388 e. The Labute approximate surface area is 169 Å². The summed E-state index contributed by atoms with van der Waals surface area (Å²) in [4.78, 5) is 13.1. The number of aromatic nitrogens is 2. The number of alkyl halides is 3. The molecule has 2 aromatic carbocycles. The van der Waals surface area contributed by atoms with Crippen LogP contribution in [0.3, 0.4) is 0 Å². The summed E-state index contributed by atoms with van der Waals surface area (Å²) in [7, 11) is 0. The van der Waals surface area contributed by atoms with Gasteiger partial charge in [-0.05, 0) is 55.0 Å². The molecule has 30 heavy (non-hydrogen) atoms. The SMILES string of the molecule is Fc1cc(-c2ccccc2C(F)(F)F)cc2nc(C3=NOC4(CCCCC4)C3)[nH]c12. The molecule has 0 amide bonds. The monoisotopic (exact) mass is 417 g/mol. The number of H-pyrrole nitrogens is 1. The van der Waals surface area contributed by atoms with Crippen molar-refractivity contribution in [2.24, 2.45) is 5.16 Å². The first-order chi connectivity index (χ1) is 14.3. The molecule has 0 atom stereocenters. The summed E-state index contributed by atoms with van der Waals surface area (Å²) in [5.74, 6) is -0.266. The van der Waals surface area contributed by atoms with Gasteiger partial charge in [-0.2, -0.15) is 13.2 Å². The Morgan fingerprint density at radius 2 is 1.80 bits per heavy atom. The molecule has 8 heteroatoms. The van der Waals surface area contributed by atoms with Gasteiger partial charge in [-0.15, -0.1) is 0 Å². The third-order valence-corrected chi connectivity index (χ3v) is 5.97. The third kappa shape index (κ3) is 3.24. The lowest BCUT2D eigenvalue weighted by Gasteiger charge is -2.30. The van der Waals surface area contributed by atoms with Gasteiger partial charge in [0.05, 0.1) is 11.1 Å². The van der Waals surface area contributed by atoms with Crippen molar-refractivity contribution < 1.29 is 22.4 Å². The number of hydrogen-bond donors (Lipinski definition) is 1. The molecule has 1 aliphatic heterocycles. The summed E-state index contributed by atoms with van der Waals surface area (Å²) in [6.07, 6.45) is 1.25. The van der Waals surface area contributed by atoms with Crippen LogP contribution in [-0.4, -0.2) is 21.3 Å². The Kier molecular flexibility index (Phi) is 4.34. The average molecular weight is 417 g/mol. The zero-order valence-electron chi connectivity index (χ0n) is 16.0. The average Bonchev–Trinajstić information content (AvgIpc) is 3.33. The lowest BCUT2D eigenvalue weighted by Crippen LogP contribution is -2.31. The van der Waals surface area contributed by atoms with Gasteiger partial charge in [0.15, 0.2) is 5.82 Å². The maximum atomic E-state index is 14.8. The van der Waals surface area contributed by atoms with Crippen LogP contribution in [0.15, 0.2) is 41.6 Å². The fourth-order valence-corrected chi connectivity index (χ4v) is 4.46. The number of rotatable bonds is 2. The fourth-order valence-electron chi connectivity index (χ4n) is 4.46. The first-order valence-electron chi connectivity index (χ1n) is 9.96. The molecule has 2 heterocycles. The second-order valence-electron chi connectivity index (χ2n) is 8.03. The molecule has 5 rings (SSSR count). The Morgan fingerprint density at radius 1 is 1.03 bits per heavy atom. The minimum atomic E-state index is -4.54. The van der Waals surface area contributed by atoms with Gasteiger partial charge >= 0.3 is 6.18 Å². The lowest BCUT2D eigenvalue weighted by atomic mass is 9.81. The fraction of sp³-hybridized carbons (Fsp3) is 0.364. The van der Waals surface area contributed by atoms with E-state index in [4.69, 9.17) is 4.84 Å². The zero-order valence-corrected chi connectivity index (χ0v) is 16.0. The maximum Gasteiger partial charge on any atom is 0.417 e. The van der Waals surface area contributed by atoms with Gasteiger partial charge in [0.25, 0.3) is 0 Å². The standard InChI is InChI=1S/C22H19F4N3O/c23-16-10-13(14-6-2-3-7-15(14)22(24,25)26)11-17-19(16)28-20(27-17)18-12-21(30-29-18)8-4-1-5-9-21/h2-3,6-7,10-11H,1,4-5,8-9,12H2,(H,27,28). The van der Waals surface area contributed by atoms with E-state index in [-0.39, 0.29) is 27.8 Å². The maximum absolute atomic E-state index is 14.8. The van der Waals surface area contributed by atoms with Crippen molar-refractivity contribution in [3.05, 3.63) is 53.6 Å². The van der Waals surface area contributed by atoms with Crippen molar-refractivity contribution in [3.8, 4) is 11.1 Å². The van der Waals surface area contributed by atoms with Crippen molar-refractivity contribution in [1.82, 2.24) is 9.97 Å². The molecule has 0 unspecified atom stereocenters. The number of benzene rings is 2. The largest absolute Gasteiger partial charge is 0.417 e. The van der Waals surface area contributed by atoms with E-state index in [2.05, 4.69) is 15.1 Å². The quantitative estimate of drug-likeness (QED) is 0.504. The molecule has 1 N–H and O–H groups in total. The molecule has 1 spiro atoms. The van der Waals surface area contributed by atoms with Gasteiger partial charge in [-0.3, -0.25) is 0 Å². The second-order valence-corrected chi connectivity index (χ2v) is 8.03. The number of aromatic amines is 1. The molecule has 3 aromatic rings. The number of hydrogen-bond acceptors (Lipinski definition) is 3. The molecule has 2 aliphatic rings. The summed E-state index contributed by atoms with van der Waals surface area (Å²) >= 11 is 0. The Morgan fingerprint density at radius 3 is 2.57 bits per heavy atom. The Bertz CT molecular complexity index is 1140. The minimum absolute atomic E-state index is 0.0851. The number of nitrogens with one attached hydrogen (secondary N) is 1. The van der Waals surface area contributed by atoms with Crippen LogP contribution in [0.4, 0.5) is 17.6 Å². The lowest BCUT2D eigenvalue weighted by molar-refractivity contribution is -0.137. The molecule has 4 nitrogen and oxygen atoms in total. The van der Waals surface area contributed by atoms with E-state index in [0.29, 0.717) is 18.0 Å². The van der Waals surface area contributed by atoms with Gasteiger partial charge in [0.2, 0.25) is 0 Å². The van der Waals surface area contributed by atoms with E-state index < -0.39 is 17.6 Å². The van der Waals surface area contributed by atoms with Crippen LogP contribution in [0.5, 0.6) is 0 Å². The van der Waals surface area contributed by atoms with Crippen LogP contribution in [0.25, 0.3) is 22.2 Å². The van der Waals surface area contributed by atoms with Gasteiger partial charge in [-0.25, -0.2) is 9.37 Å². The topological polar surface area (TPSA) is 50.3 Å². The molecule has 0 saturated heterocycles. The zero-order chi connectivity index (χ0) is 20.9. The first kappa shape index (κ1) is 19.1. The number of nitrogens with zero attached hydrogens (tertiary/aromatic N) is 2. The predicted octanol–water partition coefficient (Wildman–Crippen LogP) is 6.22. The number of halogens is 4. The van der Waals surface area contributed by atoms with E-state index in [0.717, 1.165) is 37.8 Å². The van der Waals surface area contributed by atoms with Crippen molar-refractivity contribution in [3.63, 3.8) is 0 Å². The highest BCUT2D eigenvalue weighted by Gasteiger charge is 2.41. The number of oxime groups is 1. The molecular weight excluding hydrogens is 398 g/mol.